The topological polar surface area (TPSA) is 165 Å². The second kappa shape index (κ2) is 12.7. The summed E-state index contributed by atoms with van der Waals surface area (Å²) in [5.41, 5.74) is 13.1. The van der Waals surface area contributed by atoms with E-state index in [0.29, 0.717) is 47.3 Å². The van der Waals surface area contributed by atoms with Crippen molar-refractivity contribution in [2.45, 2.75) is 37.3 Å². The molecular formula is C33H35N5O5. The molecular weight excluding hydrogens is 546 g/mol. The summed E-state index contributed by atoms with van der Waals surface area (Å²) in [6, 6.07) is 20.3. The SMILES string of the molecule is NCC(=O)[C@]1(C(=O)NCCCNc2cccc3c2C(=O)c2ccccc2C3=O)CCCN1C(=O)[C@@H](N)Cc1ccccc1. The summed E-state index contributed by atoms with van der Waals surface area (Å²) in [5, 5.41) is 6.03. The molecule has 0 unspecified atom stereocenters. The van der Waals surface area contributed by atoms with Crippen LogP contribution in [0.2, 0.25) is 0 Å². The summed E-state index contributed by atoms with van der Waals surface area (Å²) in [4.78, 5) is 67.7. The molecule has 2 aliphatic rings. The molecule has 0 saturated carbocycles. The molecule has 1 heterocycles. The number of carbonyl (C=O) groups excluding carboxylic acids is 5. The Kier molecular flexibility index (Phi) is 8.79. The van der Waals surface area contributed by atoms with Gasteiger partial charge in [-0.1, -0.05) is 66.7 Å². The van der Waals surface area contributed by atoms with E-state index >= 15 is 0 Å². The Morgan fingerprint density at radius 2 is 1.53 bits per heavy atom. The zero-order chi connectivity index (χ0) is 30.6. The molecule has 1 fully saturated rings. The number of ketones is 3. The van der Waals surface area contributed by atoms with Crippen molar-refractivity contribution >= 4 is 34.9 Å². The molecule has 0 spiro atoms. The van der Waals surface area contributed by atoms with Gasteiger partial charge in [0.05, 0.1) is 18.2 Å². The molecule has 0 bridgehead atoms. The Morgan fingerprint density at radius 3 is 2.26 bits per heavy atom. The van der Waals surface area contributed by atoms with Crippen LogP contribution in [0.15, 0.2) is 72.8 Å². The van der Waals surface area contributed by atoms with Gasteiger partial charge in [-0.2, -0.15) is 0 Å². The number of amides is 2. The number of benzene rings is 3. The van der Waals surface area contributed by atoms with Crippen molar-refractivity contribution in [2.24, 2.45) is 11.5 Å². The van der Waals surface area contributed by atoms with Crippen LogP contribution in [0.1, 0.15) is 56.7 Å². The van der Waals surface area contributed by atoms with E-state index in [2.05, 4.69) is 10.6 Å². The first kappa shape index (κ1) is 29.8. The van der Waals surface area contributed by atoms with Gasteiger partial charge in [-0.3, -0.25) is 24.0 Å². The number of hydrogen-bond donors (Lipinski definition) is 4. The van der Waals surface area contributed by atoms with Crippen LogP contribution in [0.5, 0.6) is 0 Å². The lowest BCUT2D eigenvalue weighted by Gasteiger charge is -2.37. The third-order valence-corrected chi connectivity index (χ3v) is 8.19. The quantitative estimate of drug-likeness (QED) is 0.154. The van der Waals surface area contributed by atoms with E-state index in [1.165, 1.54) is 4.90 Å². The van der Waals surface area contributed by atoms with Crippen molar-refractivity contribution in [1.82, 2.24) is 10.2 Å². The van der Waals surface area contributed by atoms with Crippen molar-refractivity contribution in [1.29, 1.82) is 0 Å². The summed E-state index contributed by atoms with van der Waals surface area (Å²) < 4.78 is 0. The lowest BCUT2D eigenvalue weighted by atomic mass is 9.83. The van der Waals surface area contributed by atoms with Crippen molar-refractivity contribution in [3.8, 4) is 0 Å². The normalized spacial score (nSPS) is 18.0. The highest BCUT2D eigenvalue weighted by Crippen LogP contribution is 2.33. The number of rotatable bonds is 11. The standard InChI is InChI=1S/C33H35N5O5/c34-20-27(39)33(15-7-18-38(33)31(42)25(35)19-21-9-2-1-3-10-21)32(43)37-17-8-16-36-26-14-6-13-24-28(26)30(41)23-12-5-4-11-22(23)29(24)40/h1-6,9-14,25,36H,7-8,15-20,34-35H2,(H,37,43)/t25-,33-/m0/s1. The average Bonchev–Trinajstić information content (AvgIpc) is 3.49. The Morgan fingerprint density at radius 1 is 0.860 bits per heavy atom. The molecule has 0 aromatic heterocycles. The van der Waals surface area contributed by atoms with Gasteiger partial charge in [0.25, 0.3) is 5.91 Å². The summed E-state index contributed by atoms with van der Waals surface area (Å²) in [6.07, 6.45) is 1.37. The lowest BCUT2D eigenvalue weighted by molar-refractivity contribution is -0.152. The first-order chi connectivity index (χ1) is 20.8. The van der Waals surface area contributed by atoms with Gasteiger partial charge in [-0.05, 0) is 37.3 Å². The number of anilines is 1. The van der Waals surface area contributed by atoms with Gasteiger partial charge in [-0.15, -0.1) is 0 Å². The predicted molar refractivity (Wildman–Crippen MR) is 162 cm³/mol. The Labute approximate surface area is 249 Å². The number of Topliss-reactive ketones (excluding diaryl/α,β-unsaturated/α-hetero) is 1. The van der Waals surface area contributed by atoms with Crippen molar-refractivity contribution in [3.05, 3.63) is 101 Å². The number of carbonyl (C=O) groups is 5. The van der Waals surface area contributed by atoms with E-state index in [1.807, 2.05) is 30.3 Å². The molecule has 43 heavy (non-hydrogen) atoms. The molecule has 6 N–H and O–H groups in total. The maximum absolute atomic E-state index is 13.6. The van der Waals surface area contributed by atoms with Crippen molar-refractivity contribution < 1.29 is 24.0 Å². The largest absolute Gasteiger partial charge is 0.384 e. The predicted octanol–water partition coefficient (Wildman–Crippen LogP) is 1.84. The zero-order valence-corrected chi connectivity index (χ0v) is 23.8. The van der Waals surface area contributed by atoms with Crippen molar-refractivity contribution in [3.63, 3.8) is 0 Å². The molecule has 3 aromatic rings. The Balaban J connectivity index is 1.22. The van der Waals surface area contributed by atoms with Gasteiger partial charge < -0.3 is 27.0 Å². The van der Waals surface area contributed by atoms with Crippen LogP contribution in [0.4, 0.5) is 5.69 Å². The van der Waals surface area contributed by atoms with Crippen LogP contribution in [-0.2, 0) is 20.8 Å². The minimum Gasteiger partial charge on any atom is -0.384 e. The number of fused-ring (bicyclic) bond motifs is 2. The fraction of sp³-hybridized carbons (Fsp3) is 0.303. The van der Waals surface area contributed by atoms with Crippen LogP contribution in [-0.4, -0.2) is 71.8 Å². The highest BCUT2D eigenvalue weighted by Gasteiger charge is 2.55. The summed E-state index contributed by atoms with van der Waals surface area (Å²) in [6.45, 7) is 0.426. The smallest absolute Gasteiger partial charge is 0.253 e. The lowest BCUT2D eigenvalue weighted by Crippen LogP contribution is -2.65. The van der Waals surface area contributed by atoms with E-state index in [0.717, 1.165) is 5.56 Å². The van der Waals surface area contributed by atoms with E-state index in [-0.39, 0.29) is 44.0 Å². The minimum atomic E-state index is -1.70. The first-order valence-corrected chi connectivity index (χ1v) is 14.5. The van der Waals surface area contributed by atoms with Crippen LogP contribution in [0.25, 0.3) is 0 Å². The second-order valence-corrected chi connectivity index (χ2v) is 10.8. The highest BCUT2D eigenvalue weighted by atomic mass is 16.2. The van der Waals surface area contributed by atoms with Gasteiger partial charge in [0.2, 0.25) is 5.91 Å². The molecule has 0 radical (unpaired) electrons. The third-order valence-electron chi connectivity index (χ3n) is 8.19. The van der Waals surface area contributed by atoms with Gasteiger partial charge in [-0.25, -0.2) is 0 Å². The summed E-state index contributed by atoms with van der Waals surface area (Å²) in [7, 11) is 0. The maximum Gasteiger partial charge on any atom is 0.253 e. The Hall–Kier alpha value is -4.67. The van der Waals surface area contributed by atoms with Gasteiger partial charge >= 0.3 is 0 Å². The summed E-state index contributed by atoms with van der Waals surface area (Å²) in [5.74, 6) is -1.99. The molecule has 2 atom stereocenters. The fourth-order valence-corrected chi connectivity index (χ4v) is 6.05. The zero-order valence-electron chi connectivity index (χ0n) is 23.8. The van der Waals surface area contributed by atoms with E-state index in [1.54, 1.807) is 42.5 Å². The maximum atomic E-state index is 13.6. The monoisotopic (exact) mass is 581 g/mol. The number of nitrogens with one attached hydrogen (secondary N) is 2. The highest BCUT2D eigenvalue weighted by molar-refractivity contribution is 6.30. The van der Waals surface area contributed by atoms with E-state index in [9.17, 15) is 24.0 Å². The molecule has 1 aliphatic heterocycles. The minimum absolute atomic E-state index is 0.171. The molecule has 222 valence electrons. The number of likely N-dealkylation sites (tertiary alicyclic amines) is 1. The van der Waals surface area contributed by atoms with Crippen LogP contribution in [0, 0.1) is 0 Å². The molecule has 10 heteroatoms. The molecule has 1 aliphatic carbocycles. The van der Waals surface area contributed by atoms with Crippen LogP contribution in [0.3, 0.4) is 0 Å². The third kappa shape index (κ3) is 5.59. The average molecular weight is 582 g/mol. The van der Waals surface area contributed by atoms with E-state index < -0.39 is 29.2 Å². The number of nitrogens with two attached hydrogens (primary N) is 2. The molecule has 1 saturated heterocycles. The van der Waals surface area contributed by atoms with Gasteiger partial charge in [0.15, 0.2) is 22.9 Å². The second-order valence-electron chi connectivity index (χ2n) is 10.8. The number of nitrogens with zero attached hydrogens (tertiary/aromatic N) is 1. The molecule has 10 nitrogen and oxygen atoms in total. The van der Waals surface area contributed by atoms with E-state index in [4.69, 9.17) is 11.5 Å². The first-order valence-electron chi connectivity index (χ1n) is 14.5. The van der Waals surface area contributed by atoms with Gasteiger partial charge in [0, 0.05) is 42.0 Å². The fourth-order valence-electron chi connectivity index (χ4n) is 6.05. The van der Waals surface area contributed by atoms with Crippen LogP contribution < -0.4 is 22.1 Å². The van der Waals surface area contributed by atoms with Crippen molar-refractivity contribution in [2.75, 3.05) is 31.5 Å². The van der Waals surface area contributed by atoms with Crippen LogP contribution >= 0.6 is 0 Å². The Bertz CT molecular complexity index is 1570. The number of hydrogen-bond acceptors (Lipinski definition) is 8. The van der Waals surface area contributed by atoms with Gasteiger partial charge in [0.1, 0.15) is 0 Å². The molecule has 2 amide bonds. The molecule has 3 aromatic carbocycles. The summed E-state index contributed by atoms with van der Waals surface area (Å²) >= 11 is 0. The molecule has 5 rings (SSSR count).